The minimum absolute atomic E-state index is 0.0675. The first-order valence-corrected chi connectivity index (χ1v) is 11.9. The molecule has 0 spiro atoms. The molecule has 2 atom stereocenters. The fourth-order valence-corrected chi connectivity index (χ4v) is 4.69. The summed E-state index contributed by atoms with van der Waals surface area (Å²) < 4.78 is 10.3. The van der Waals surface area contributed by atoms with Crippen LogP contribution in [0.4, 0.5) is 0 Å². The number of ether oxygens (including phenoxy) is 2. The molecular formula is C30H24O8. The molecule has 0 saturated carbocycles. The molecule has 38 heavy (non-hydrogen) atoms. The Hall–Kier alpha value is -4.98. The van der Waals surface area contributed by atoms with E-state index in [0.717, 1.165) is 22.3 Å². The zero-order valence-corrected chi connectivity index (χ0v) is 20.1. The molecule has 0 saturated heterocycles. The molecule has 4 N–H and O–H groups in total. The molecule has 4 aromatic rings. The van der Waals surface area contributed by atoms with Gasteiger partial charge in [-0.05, 0) is 47.5 Å². The van der Waals surface area contributed by atoms with E-state index in [9.17, 15) is 30.0 Å². The Morgan fingerprint density at radius 1 is 0.500 bits per heavy atom. The topological polar surface area (TPSA) is 134 Å². The Bertz CT molecular complexity index is 1380. The van der Waals surface area contributed by atoms with E-state index >= 15 is 0 Å². The van der Waals surface area contributed by atoms with Gasteiger partial charge in [-0.2, -0.15) is 0 Å². The lowest BCUT2D eigenvalue weighted by molar-refractivity contribution is -0.136. The van der Waals surface area contributed by atoms with E-state index in [1.165, 1.54) is 12.1 Å². The highest BCUT2D eigenvalue weighted by Crippen LogP contribution is 2.41. The van der Waals surface area contributed by atoms with Gasteiger partial charge < -0.3 is 29.9 Å². The molecule has 2 heterocycles. The van der Waals surface area contributed by atoms with Crippen molar-refractivity contribution in [3.05, 3.63) is 107 Å². The molecule has 8 heteroatoms. The molecule has 2 aliphatic heterocycles. The highest BCUT2D eigenvalue weighted by atomic mass is 16.5. The summed E-state index contributed by atoms with van der Waals surface area (Å²) in [5.41, 5.74) is 3.59. The molecule has 0 unspecified atom stereocenters. The number of phenolic OH excluding ortho intramolecular Hbond substituents is 4. The van der Waals surface area contributed by atoms with E-state index in [1.54, 1.807) is 72.8 Å². The third-order valence-electron chi connectivity index (χ3n) is 6.53. The van der Waals surface area contributed by atoms with Crippen molar-refractivity contribution in [3.8, 4) is 34.5 Å². The molecule has 0 aliphatic carbocycles. The van der Waals surface area contributed by atoms with Crippen LogP contribution in [0.15, 0.2) is 84.9 Å². The summed E-state index contributed by atoms with van der Waals surface area (Å²) in [5.74, 6) is 0.433. The lowest BCUT2D eigenvalue weighted by Gasteiger charge is -2.24. The minimum atomic E-state index is -0.323. The molecule has 0 radical (unpaired) electrons. The number of esters is 2. The molecule has 8 nitrogen and oxygen atoms in total. The molecule has 0 bridgehead atoms. The number of phenols is 4. The van der Waals surface area contributed by atoms with Gasteiger partial charge in [0.15, 0.2) is 0 Å². The van der Waals surface area contributed by atoms with Gasteiger partial charge in [-0.1, -0.05) is 36.4 Å². The summed E-state index contributed by atoms with van der Waals surface area (Å²) in [6.07, 6.45) is 0.505. The Morgan fingerprint density at radius 2 is 0.842 bits per heavy atom. The first kappa shape index (κ1) is 24.7. The zero-order chi connectivity index (χ0) is 26.8. The predicted octanol–water partition coefficient (Wildman–Crippen LogP) is 5.08. The number of rotatable bonds is 2. The van der Waals surface area contributed by atoms with Crippen LogP contribution < -0.4 is 9.47 Å². The summed E-state index contributed by atoms with van der Waals surface area (Å²) in [5, 5.41) is 37.5. The standard InChI is InChI=1S/2C15H12O4/c2*16-10-3-1-9(2-4-10)13-8-15(18)19-14-7-11(17)5-6-12(13)14/h2*1-7,13,16-17H,8H2/t2*13-/m10/s1. The zero-order valence-electron chi connectivity index (χ0n) is 20.1. The number of carbonyl (C=O) groups is 2. The second-order valence-corrected chi connectivity index (χ2v) is 9.09. The number of hydrogen-bond acceptors (Lipinski definition) is 8. The van der Waals surface area contributed by atoms with Crippen LogP contribution in [-0.2, 0) is 9.59 Å². The van der Waals surface area contributed by atoms with Crippen molar-refractivity contribution >= 4 is 11.9 Å². The summed E-state index contributed by atoms with van der Waals surface area (Å²) >= 11 is 0. The van der Waals surface area contributed by atoms with Crippen LogP contribution in [-0.4, -0.2) is 32.4 Å². The highest BCUT2D eigenvalue weighted by molar-refractivity contribution is 5.78. The normalized spacial score (nSPS) is 17.7. The minimum Gasteiger partial charge on any atom is -0.508 e. The van der Waals surface area contributed by atoms with Gasteiger partial charge in [0.25, 0.3) is 0 Å². The van der Waals surface area contributed by atoms with Crippen molar-refractivity contribution in [2.24, 2.45) is 0 Å². The third-order valence-corrected chi connectivity index (χ3v) is 6.53. The van der Waals surface area contributed by atoms with Crippen molar-refractivity contribution in [1.82, 2.24) is 0 Å². The van der Waals surface area contributed by atoms with Crippen LogP contribution in [0, 0.1) is 0 Å². The van der Waals surface area contributed by atoms with Gasteiger partial charge in [-0.25, -0.2) is 0 Å². The van der Waals surface area contributed by atoms with E-state index in [-0.39, 0.29) is 59.6 Å². The number of fused-ring (bicyclic) bond motifs is 2. The van der Waals surface area contributed by atoms with Gasteiger partial charge in [-0.15, -0.1) is 0 Å². The molecule has 2 aliphatic rings. The largest absolute Gasteiger partial charge is 0.508 e. The van der Waals surface area contributed by atoms with Gasteiger partial charge in [0.1, 0.15) is 34.5 Å². The van der Waals surface area contributed by atoms with Crippen LogP contribution >= 0.6 is 0 Å². The first-order chi connectivity index (χ1) is 18.3. The second-order valence-electron chi connectivity index (χ2n) is 9.09. The van der Waals surface area contributed by atoms with Crippen LogP contribution in [0.2, 0.25) is 0 Å². The van der Waals surface area contributed by atoms with Crippen molar-refractivity contribution < 1.29 is 39.5 Å². The molecule has 4 aromatic carbocycles. The average molecular weight is 513 g/mol. The van der Waals surface area contributed by atoms with Crippen LogP contribution in [0.25, 0.3) is 0 Å². The van der Waals surface area contributed by atoms with Crippen molar-refractivity contribution in [2.75, 3.05) is 0 Å². The smallest absolute Gasteiger partial charge is 0.312 e. The predicted molar refractivity (Wildman–Crippen MR) is 137 cm³/mol. The fourth-order valence-electron chi connectivity index (χ4n) is 4.69. The van der Waals surface area contributed by atoms with E-state index in [4.69, 9.17) is 9.47 Å². The molecule has 0 fully saturated rings. The lowest BCUT2D eigenvalue weighted by atomic mass is 9.86. The van der Waals surface area contributed by atoms with E-state index in [1.807, 2.05) is 0 Å². The van der Waals surface area contributed by atoms with Gasteiger partial charge in [-0.3, -0.25) is 9.59 Å². The summed E-state index contributed by atoms with van der Waals surface area (Å²) in [4.78, 5) is 23.3. The van der Waals surface area contributed by atoms with Gasteiger partial charge in [0.05, 0.1) is 12.8 Å². The number of carbonyl (C=O) groups excluding carboxylic acids is 2. The van der Waals surface area contributed by atoms with Gasteiger partial charge in [0.2, 0.25) is 0 Å². The molecule has 6 rings (SSSR count). The van der Waals surface area contributed by atoms with Gasteiger partial charge in [0, 0.05) is 35.1 Å². The maximum Gasteiger partial charge on any atom is 0.312 e. The Morgan fingerprint density at radius 3 is 1.21 bits per heavy atom. The number of hydrogen-bond donors (Lipinski definition) is 4. The number of aromatic hydroxyl groups is 4. The van der Waals surface area contributed by atoms with E-state index in [2.05, 4.69) is 0 Å². The molecule has 192 valence electrons. The first-order valence-electron chi connectivity index (χ1n) is 11.9. The fraction of sp³-hybridized carbons (Fsp3) is 0.133. The monoisotopic (exact) mass is 512 g/mol. The second kappa shape index (κ2) is 10.2. The summed E-state index contributed by atoms with van der Waals surface area (Å²) in [6, 6.07) is 23.1. The SMILES string of the molecule is O=C1C[C@@H](c2ccc(O)cc2)c2ccc(O)cc2O1.O=C1C[C@H](c2ccc(O)cc2)c2ccc(O)cc2O1. The summed E-state index contributed by atoms with van der Waals surface area (Å²) in [7, 11) is 0. The van der Waals surface area contributed by atoms with Crippen LogP contribution in [0.5, 0.6) is 34.5 Å². The maximum atomic E-state index is 11.6. The van der Waals surface area contributed by atoms with Crippen LogP contribution in [0.1, 0.15) is 46.9 Å². The quantitative estimate of drug-likeness (QED) is 0.216. The molecule has 0 amide bonds. The van der Waals surface area contributed by atoms with Crippen molar-refractivity contribution in [2.45, 2.75) is 24.7 Å². The third kappa shape index (κ3) is 5.24. The Labute approximate surface area is 218 Å². The van der Waals surface area contributed by atoms with E-state index in [0.29, 0.717) is 11.5 Å². The van der Waals surface area contributed by atoms with Crippen LogP contribution in [0.3, 0.4) is 0 Å². The summed E-state index contributed by atoms with van der Waals surface area (Å²) in [6.45, 7) is 0. The Kier molecular flexibility index (Phi) is 6.62. The van der Waals surface area contributed by atoms with E-state index < -0.39 is 0 Å². The van der Waals surface area contributed by atoms with Crippen molar-refractivity contribution in [3.63, 3.8) is 0 Å². The average Bonchev–Trinajstić information content (AvgIpc) is 2.88. The lowest BCUT2D eigenvalue weighted by Crippen LogP contribution is -2.20. The number of benzene rings is 4. The Balaban J connectivity index is 0.000000155. The maximum absolute atomic E-state index is 11.6. The highest BCUT2D eigenvalue weighted by Gasteiger charge is 2.29. The van der Waals surface area contributed by atoms with Gasteiger partial charge >= 0.3 is 11.9 Å². The molecule has 0 aromatic heterocycles. The van der Waals surface area contributed by atoms with Crippen molar-refractivity contribution in [1.29, 1.82) is 0 Å². The molecular weight excluding hydrogens is 488 g/mol.